The van der Waals surface area contributed by atoms with Crippen LogP contribution in [0.1, 0.15) is 46.4 Å². The summed E-state index contributed by atoms with van der Waals surface area (Å²) in [7, 11) is 0. The normalized spacial score (nSPS) is 14.2. The molecule has 1 unspecified atom stereocenters. The predicted molar refractivity (Wildman–Crippen MR) is 84.1 cm³/mol. The number of aliphatic hydroxyl groups is 1. The molecule has 0 saturated heterocycles. The molecular formula is C15H28N4O. The van der Waals surface area contributed by atoms with Crippen LogP contribution in [0.2, 0.25) is 0 Å². The fraction of sp³-hybridized carbons (Fsp3) is 0.733. The average Bonchev–Trinajstić information content (AvgIpc) is 2.32. The van der Waals surface area contributed by atoms with Gasteiger partial charge in [0.05, 0.1) is 5.60 Å². The van der Waals surface area contributed by atoms with Gasteiger partial charge >= 0.3 is 0 Å². The average molecular weight is 280 g/mol. The highest BCUT2D eigenvalue weighted by Crippen LogP contribution is 2.18. The van der Waals surface area contributed by atoms with Crippen molar-refractivity contribution in [3.05, 3.63) is 11.9 Å². The highest BCUT2D eigenvalue weighted by atomic mass is 16.3. The van der Waals surface area contributed by atoms with E-state index in [1.807, 2.05) is 19.9 Å². The van der Waals surface area contributed by atoms with Crippen molar-refractivity contribution in [3.63, 3.8) is 0 Å². The maximum Gasteiger partial charge on any atom is 0.131 e. The zero-order valence-corrected chi connectivity index (χ0v) is 13.3. The second-order valence-electron chi connectivity index (χ2n) is 6.06. The van der Waals surface area contributed by atoms with Gasteiger partial charge in [0.1, 0.15) is 17.5 Å². The molecule has 0 aliphatic rings. The largest absolute Gasteiger partial charge is 0.388 e. The Morgan fingerprint density at radius 1 is 1.25 bits per heavy atom. The monoisotopic (exact) mass is 280 g/mol. The fourth-order valence-electron chi connectivity index (χ4n) is 2.23. The molecule has 1 atom stereocenters. The summed E-state index contributed by atoms with van der Waals surface area (Å²) in [6.07, 6.45) is 1.81. The lowest BCUT2D eigenvalue weighted by atomic mass is 9.94. The molecule has 0 amide bonds. The topological polar surface area (TPSA) is 70.1 Å². The van der Waals surface area contributed by atoms with E-state index in [4.69, 9.17) is 0 Å². The van der Waals surface area contributed by atoms with Gasteiger partial charge in [-0.1, -0.05) is 20.8 Å². The smallest absolute Gasteiger partial charge is 0.131 e. The summed E-state index contributed by atoms with van der Waals surface area (Å²) in [6.45, 7) is 11.4. The molecule has 0 spiro atoms. The lowest BCUT2D eigenvalue weighted by Gasteiger charge is -2.26. The van der Waals surface area contributed by atoms with Crippen molar-refractivity contribution in [2.24, 2.45) is 5.92 Å². The number of hydrogen-bond acceptors (Lipinski definition) is 5. The molecule has 0 aromatic carbocycles. The standard InChI is InChI=1S/C15H28N4O/c1-6-7-16-13-8-14(19-12(4)18-13)17-10-15(5,20)9-11(2)3/h8,11,20H,6-7,9-10H2,1-5H3,(H2,16,17,18,19). The van der Waals surface area contributed by atoms with Gasteiger partial charge < -0.3 is 15.7 Å². The molecule has 3 N–H and O–H groups in total. The molecule has 20 heavy (non-hydrogen) atoms. The molecule has 5 nitrogen and oxygen atoms in total. The van der Waals surface area contributed by atoms with E-state index >= 15 is 0 Å². The highest BCUT2D eigenvalue weighted by Gasteiger charge is 2.21. The van der Waals surface area contributed by atoms with Gasteiger partial charge in [-0.25, -0.2) is 9.97 Å². The Morgan fingerprint density at radius 3 is 2.40 bits per heavy atom. The molecule has 114 valence electrons. The molecule has 0 aliphatic carbocycles. The van der Waals surface area contributed by atoms with Crippen molar-refractivity contribution in [1.82, 2.24) is 9.97 Å². The number of anilines is 2. The zero-order chi connectivity index (χ0) is 15.2. The Hall–Kier alpha value is -1.36. The van der Waals surface area contributed by atoms with E-state index in [2.05, 4.69) is 41.4 Å². The molecule has 0 bridgehead atoms. The molecule has 0 radical (unpaired) electrons. The molecule has 0 saturated carbocycles. The predicted octanol–water partition coefficient (Wildman–Crippen LogP) is 2.82. The molecule has 0 fully saturated rings. The van der Waals surface area contributed by atoms with E-state index in [0.29, 0.717) is 12.5 Å². The fourth-order valence-corrected chi connectivity index (χ4v) is 2.23. The number of aryl methyl sites for hydroxylation is 1. The molecule has 1 heterocycles. The van der Waals surface area contributed by atoms with Gasteiger partial charge in [0.2, 0.25) is 0 Å². The van der Waals surface area contributed by atoms with E-state index in [1.165, 1.54) is 0 Å². The summed E-state index contributed by atoms with van der Waals surface area (Å²) in [6, 6.07) is 1.88. The first-order valence-corrected chi connectivity index (χ1v) is 7.38. The quantitative estimate of drug-likeness (QED) is 0.683. The van der Waals surface area contributed by atoms with Crippen LogP contribution in [-0.2, 0) is 0 Å². The van der Waals surface area contributed by atoms with Crippen LogP contribution in [-0.4, -0.2) is 33.8 Å². The van der Waals surface area contributed by atoms with Gasteiger partial charge in [-0.05, 0) is 32.6 Å². The maximum atomic E-state index is 10.3. The summed E-state index contributed by atoms with van der Waals surface area (Å²) in [5, 5.41) is 16.8. The first kappa shape index (κ1) is 16.7. The second-order valence-corrected chi connectivity index (χ2v) is 6.06. The van der Waals surface area contributed by atoms with Crippen LogP contribution in [0.25, 0.3) is 0 Å². The van der Waals surface area contributed by atoms with Crippen LogP contribution >= 0.6 is 0 Å². The van der Waals surface area contributed by atoms with Gasteiger partial charge in [-0.2, -0.15) is 0 Å². The van der Waals surface area contributed by atoms with Crippen LogP contribution in [0, 0.1) is 12.8 Å². The summed E-state index contributed by atoms with van der Waals surface area (Å²) in [5.41, 5.74) is -0.732. The Kier molecular flexibility index (Phi) is 6.20. The van der Waals surface area contributed by atoms with E-state index in [1.54, 1.807) is 0 Å². The third-order valence-corrected chi connectivity index (χ3v) is 2.89. The summed E-state index contributed by atoms with van der Waals surface area (Å²) < 4.78 is 0. The minimum absolute atomic E-state index is 0.459. The molecule has 1 aromatic heterocycles. The van der Waals surface area contributed by atoms with Crippen LogP contribution in [0.4, 0.5) is 11.6 Å². The first-order chi connectivity index (χ1) is 9.32. The summed E-state index contributed by atoms with van der Waals surface area (Å²) in [5.74, 6) is 2.75. The number of nitrogens with one attached hydrogen (secondary N) is 2. The molecule has 5 heteroatoms. The van der Waals surface area contributed by atoms with Crippen LogP contribution in [0.5, 0.6) is 0 Å². The van der Waals surface area contributed by atoms with E-state index in [0.717, 1.165) is 36.8 Å². The summed E-state index contributed by atoms with van der Waals surface area (Å²) in [4.78, 5) is 8.69. The van der Waals surface area contributed by atoms with Crippen molar-refractivity contribution in [3.8, 4) is 0 Å². The molecular weight excluding hydrogens is 252 g/mol. The zero-order valence-electron chi connectivity index (χ0n) is 13.3. The lowest BCUT2D eigenvalue weighted by Crippen LogP contribution is -2.35. The minimum atomic E-state index is -0.732. The van der Waals surface area contributed by atoms with Crippen LogP contribution < -0.4 is 10.6 Å². The van der Waals surface area contributed by atoms with Gasteiger partial charge in [0.25, 0.3) is 0 Å². The maximum absolute atomic E-state index is 10.3. The first-order valence-electron chi connectivity index (χ1n) is 7.38. The third kappa shape index (κ3) is 6.19. The van der Waals surface area contributed by atoms with Gasteiger partial charge in [0, 0.05) is 19.2 Å². The van der Waals surface area contributed by atoms with Crippen molar-refractivity contribution < 1.29 is 5.11 Å². The molecule has 1 rings (SSSR count). The number of hydrogen-bond donors (Lipinski definition) is 3. The number of nitrogens with zero attached hydrogens (tertiary/aromatic N) is 2. The molecule has 1 aromatic rings. The second kappa shape index (κ2) is 7.43. The number of rotatable bonds is 8. The van der Waals surface area contributed by atoms with E-state index < -0.39 is 5.60 Å². The van der Waals surface area contributed by atoms with Crippen molar-refractivity contribution in [1.29, 1.82) is 0 Å². The van der Waals surface area contributed by atoms with E-state index in [9.17, 15) is 5.11 Å². The van der Waals surface area contributed by atoms with Crippen LogP contribution in [0.15, 0.2) is 6.07 Å². The summed E-state index contributed by atoms with van der Waals surface area (Å²) >= 11 is 0. The highest BCUT2D eigenvalue weighted by molar-refractivity contribution is 5.47. The van der Waals surface area contributed by atoms with Crippen LogP contribution in [0.3, 0.4) is 0 Å². The van der Waals surface area contributed by atoms with Gasteiger partial charge in [0.15, 0.2) is 0 Å². The minimum Gasteiger partial charge on any atom is -0.388 e. The van der Waals surface area contributed by atoms with Crippen molar-refractivity contribution >= 4 is 11.6 Å². The number of aromatic nitrogens is 2. The van der Waals surface area contributed by atoms with Crippen molar-refractivity contribution in [2.75, 3.05) is 23.7 Å². The van der Waals surface area contributed by atoms with Crippen molar-refractivity contribution in [2.45, 2.75) is 53.1 Å². The Morgan fingerprint density at radius 2 is 1.85 bits per heavy atom. The molecule has 0 aliphatic heterocycles. The van der Waals surface area contributed by atoms with E-state index in [-0.39, 0.29) is 0 Å². The Labute approximate surface area is 122 Å². The van der Waals surface area contributed by atoms with Gasteiger partial charge in [-0.15, -0.1) is 0 Å². The Bertz CT molecular complexity index is 418. The lowest BCUT2D eigenvalue weighted by molar-refractivity contribution is 0.0514. The van der Waals surface area contributed by atoms with Gasteiger partial charge in [-0.3, -0.25) is 0 Å². The SMILES string of the molecule is CCCNc1cc(NCC(C)(O)CC(C)C)nc(C)n1. The third-order valence-electron chi connectivity index (χ3n) is 2.89. The Balaban J connectivity index is 2.65.